The van der Waals surface area contributed by atoms with Crippen LogP contribution in [0.4, 0.5) is 0 Å². The van der Waals surface area contributed by atoms with Crippen molar-refractivity contribution in [1.29, 1.82) is 0 Å². The zero-order valence-electron chi connectivity index (χ0n) is 26.7. The highest BCUT2D eigenvalue weighted by Gasteiger charge is 2.28. The third-order valence-electron chi connectivity index (χ3n) is 8.85. The van der Waals surface area contributed by atoms with Crippen LogP contribution in [0, 0.1) is 6.92 Å². The summed E-state index contributed by atoms with van der Waals surface area (Å²) in [7, 11) is 3.74. The maximum Gasteiger partial charge on any atom is 0.335 e. The van der Waals surface area contributed by atoms with Crippen molar-refractivity contribution in [2.75, 3.05) is 33.9 Å². The molecule has 0 aromatic heterocycles. The molecule has 0 amide bonds. The fraction of sp³-hybridized carbons (Fsp3) is 0.359. The SMILES string of the molecule is CCOC(=O)C(Cc1ccc(OCCN(C)C2c3ccc(C(C)c4ccccc4)cc3CCc3ccc(C)cc32)cc1)OC. The second-order valence-corrected chi connectivity index (χ2v) is 11.8. The van der Waals surface area contributed by atoms with E-state index in [1.807, 2.05) is 24.3 Å². The molecular weight excluding hydrogens is 546 g/mol. The summed E-state index contributed by atoms with van der Waals surface area (Å²) in [5.41, 5.74) is 10.6. The van der Waals surface area contributed by atoms with Crippen LogP contribution in [0.2, 0.25) is 0 Å². The van der Waals surface area contributed by atoms with E-state index in [1.165, 1.54) is 46.1 Å². The Labute approximate surface area is 262 Å². The molecule has 0 saturated carbocycles. The molecule has 4 aromatic carbocycles. The lowest BCUT2D eigenvalue weighted by Crippen LogP contribution is -2.30. The number of benzene rings is 4. The molecule has 3 atom stereocenters. The van der Waals surface area contributed by atoms with Gasteiger partial charge in [-0.05, 0) is 84.8 Å². The zero-order chi connectivity index (χ0) is 31.1. The molecule has 0 fully saturated rings. The molecule has 4 aromatic rings. The summed E-state index contributed by atoms with van der Waals surface area (Å²) in [5.74, 6) is 0.817. The van der Waals surface area contributed by atoms with Crippen LogP contribution in [0.1, 0.15) is 70.3 Å². The van der Waals surface area contributed by atoms with Gasteiger partial charge in [0.15, 0.2) is 6.10 Å². The summed E-state index contributed by atoms with van der Waals surface area (Å²) in [6.45, 7) is 7.96. The minimum Gasteiger partial charge on any atom is -0.492 e. The van der Waals surface area contributed by atoms with E-state index in [0.29, 0.717) is 25.6 Å². The molecule has 5 rings (SSSR count). The molecule has 0 N–H and O–H groups in total. The van der Waals surface area contributed by atoms with Crippen molar-refractivity contribution in [2.45, 2.75) is 58.1 Å². The second kappa shape index (κ2) is 14.7. The quantitative estimate of drug-likeness (QED) is 0.160. The van der Waals surface area contributed by atoms with E-state index in [-0.39, 0.29) is 12.0 Å². The average molecular weight is 592 g/mol. The molecule has 230 valence electrons. The van der Waals surface area contributed by atoms with Crippen LogP contribution < -0.4 is 4.74 Å². The van der Waals surface area contributed by atoms with E-state index in [0.717, 1.165) is 30.7 Å². The van der Waals surface area contributed by atoms with E-state index < -0.39 is 6.10 Å². The van der Waals surface area contributed by atoms with Crippen LogP contribution in [0.15, 0.2) is 91.0 Å². The molecule has 5 nitrogen and oxygen atoms in total. The van der Waals surface area contributed by atoms with Gasteiger partial charge in [0.1, 0.15) is 12.4 Å². The van der Waals surface area contributed by atoms with Gasteiger partial charge in [0.05, 0.1) is 12.6 Å². The molecule has 1 aliphatic carbocycles. The lowest BCUT2D eigenvalue weighted by Gasteiger charge is -2.31. The van der Waals surface area contributed by atoms with Gasteiger partial charge in [0.2, 0.25) is 0 Å². The summed E-state index contributed by atoms with van der Waals surface area (Å²) in [5, 5.41) is 0. The highest BCUT2D eigenvalue weighted by Crippen LogP contribution is 2.38. The first-order valence-electron chi connectivity index (χ1n) is 15.8. The highest BCUT2D eigenvalue weighted by atomic mass is 16.6. The minimum absolute atomic E-state index is 0.156. The molecule has 0 radical (unpaired) electrons. The van der Waals surface area contributed by atoms with Crippen molar-refractivity contribution in [3.05, 3.63) is 136 Å². The number of carbonyl (C=O) groups excluding carboxylic acids is 1. The number of nitrogens with zero attached hydrogens (tertiary/aromatic N) is 1. The van der Waals surface area contributed by atoms with Gasteiger partial charge in [-0.3, -0.25) is 4.90 Å². The number of carbonyl (C=O) groups is 1. The molecule has 0 bridgehead atoms. The van der Waals surface area contributed by atoms with Crippen LogP contribution >= 0.6 is 0 Å². The number of esters is 1. The molecule has 5 heteroatoms. The molecular formula is C39H45NO4. The fourth-order valence-electron chi connectivity index (χ4n) is 6.29. The number of ether oxygens (including phenoxy) is 3. The van der Waals surface area contributed by atoms with Gasteiger partial charge in [-0.1, -0.05) is 91.3 Å². The first-order valence-corrected chi connectivity index (χ1v) is 15.8. The van der Waals surface area contributed by atoms with Gasteiger partial charge < -0.3 is 14.2 Å². The molecule has 0 heterocycles. The Morgan fingerprint density at radius 2 is 1.64 bits per heavy atom. The van der Waals surface area contributed by atoms with Crippen LogP contribution in [0.25, 0.3) is 0 Å². The van der Waals surface area contributed by atoms with Gasteiger partial charge >= 0.3 is 5.97 Å². The Kier molecular flexibility index (Phi) is 10.5. The van der Waals surface area contributed by atoms with Crippen LogP contribution in [0.5, 0.6) is 5.75 Å². The molecule has 1 aliphatic rings. The summed E-state index contributed by atoms with van der Waals surface area (Å²) in [4.78, 5) is 14.5. The maximum atomic E-state index is 12.1. The smallest absolute Gasteiger partial charge is 0.335 e. The Bertz CT molecular complexity index is 1530. The largest absolute Gasteiger partial charge is 0.492 e. The molecule has 0 spiro atoms. The summed E-state index contributed by atoms with van der Waals surface area (Å²) >= 11 is 0. The number of hydrogen-bond donors (Lipinski definition) is 0. The normalized spacial score (nSPS) is 15.5. The van der Waals surface area contributed by atoms with Gasteiger partial charge in [0.25, 0.3) is 0 Å². The lowest BCUT2D eigenvalue weighted by atomic mass is 9.87. The third-order valence-corrected chi connectivity index (χ3v) is 8.85. The fourth-order valence-corrected chi connectivity index (χ4v) is 6.29. The summed E-state index contributed by atoms with van der Waals surface area (Å²) < 4.78 is 16.7. The highest BCUT2D eigenvalue weighted by molar-refractivity contribution is 5.75. The Balaban J connectivity index is 1.30. The first kappa shape index (κ1) is 31.5. The summed E-state index contributed by atoms with van der Waals surface area (Å²) in [6, 6.07) is 32.9. The molecule has 44 heavy (non-hydrogen) atoms. The van der Waals surface area contributed by atoms with E-state index in [1.54, 1.807) is 6.92 Å². The Morgan fingerprint density at radius 3 is 2.36 bits per heavy atom. The minimum atomic E-state index is -0.609. The second-order valence-electron chi connectivity index (χ2n) is 11.8. The van der Waals surface area contributed by atoms with Gasteiger partial charge in [-0.2, -0.15) is 0 Å². The standard InChI is InChI=1S/C39H45NO4/c1-6-43-39(41)37(42-5)25-29-13-19-34(20-14-29)44-23-22-40(4)38-35-21-18-32(28(3)30-10-8-7-9-11-30)26-33(35)17-16-31-15-12-27(2)24-36(31)38/h7-15,18-21,24,26,28,37-38H,6,16-17,22-23,25H2,1-5H3. The monoisotopic (exact) mass is 591 g/mol. The topological polar surface area (TPSA) is 48.0 Å². The number of fused-ring (bicyclic) bond motifs is 2. The Morgan fingerprint density at radius 1 is 0.886 bits per heavy atom. The number of methoxy groups -OCH3 is 1. The first-order chi connectivity index (χ1) is 21.4. The molecule has 3 unspecified atom stereocenters. The van der Waals surface area contributed by atoms with E-state index in [4.69, 9.17) is 14.2 Å². The van der Waals surface area contributed by atoms with Gasteiger partial charge in [-0.25, -0.2) is 4.79 Å². The summed E-state index contributed by atoms with van der Waals surface area (Å²) in [6.07, 6.45) is 1.93. The maximum absolute atomic E-state index is 12.1. The number of rotatable bonds is 12. The van der Waals surface area contributed by atoms with Crippen LogP contribution in [0.3, 0.4) is 0 Å². The van der Waals surface area contributed by atoms with Crippen LogP contribution in [-0.2, 0) is 33.5 Å². The van der Waals surface area contributed by atoms with Crippen molar-refractivity contribution in [2.24, 2.45) is 0 Å². The zero-order valence-corrected chi connectivity index (χ0v) is 26.7. The molecule has 0 aliphatic heterocycles. The number of aryl methyl sites for hydroxylation is 3. The average Bonchev–Trinajstić information content (AvgIpc) is 3.20. The van der Waals surface area contributed by atoms with E-state index in [9.17, 15) is 4.79 Å². The number of hydrogen-bond acceptors (Lipinski definition) is 5. The van der Waals surface area contributed by atoms with Gasteiger partial charge in [0, 0.05) is 26.0 Å². The lowest BCUT2D eigenvalue weighted by molar-refractivity contribution is -0.154. The van der Waals surface area contributed by atoms with Crippen molar-refractivity contribution in [3.63, 3.8) is 0 Å². The van der Waals surface area contributed by atoms with E-state index >= 15 is 0 Å². The van der Waals surface area contributed by atoms with E-state index in [2.05, 4.69) is 92.5 Å². The number of likely N-dealkylation sites (N-methyl/N-ethyl adjacent to an activating group) is 1. The third kappa shape index (κ3) is 7.40. The van der Waals surface area contributed by atoms with Crippen molar-refractivity contribution in [3.8, 4) is 5.75 Å². The molecule has 0 saturated heterocycles. The Hall–Kier alpha value is -3.93. The van der Waals surface area contributed by atoms with Crippen molar-refractivity contribution >= 4 is 5.97 Å². The van der Waals surface area contributed by atoms with Gasteiger partial charge in [-0.15, -0.1) is 0 Å². The van der Waals surface area contributed by atoms with Crippen molar-refractivity contribution in [1.82, 2.24) is 4.90 Å². The van der Waals surface area contributed by atoms with Crippen LogP contribution in [-0.4, -0.2) is 50.9 Å². The predicted molar refractivity (Wildman–Crippen MR) is 177 cm³/mol. The van der Waals surface area contributed by atoms with Crippen molar-refractivity contribution < 1.29 is 19.0 Å². The predicted octanol–water partition coefficient (Wildman–Crippen LogP) is 7.47.